The molecule has 0 heterocycles. The predicted octanol–water partition coefficient (Wildman–Crippen LogP) is 2.60. The fourth-order valence-corrected chi connectivity index (χ4v) is 0.441. The van der Waals surface area contributed by atoms with Crippen LogP contribution < -0.4 is 0 Å². The number of hydrogen-bond donors (Lipinski definition) is 0. The number of Topliss-reactive ketones (excluding diaryl/α,β-unsaturated/α-hetero) is 1. The van der Waals surface area contributed by atoms with Gasteiger partial charge in [-0.1, -0.05) is 35.2 Å². The van der Waals surface area contributed by atoms with E-state index in [-0.39, 0.29) is 5.78 Å². The Hall–Kier alpha value is -0.630. The molecule has 0 aromatic carbocycles. The second kappa shape index (κ2) is 4.23. The van der Waals surface area contributed by atoms with Crippen molar-refractivity contribution in [1.82, 2.24) is 0 Å². The molecule has 0 unspecified atom stereocenters. The van der Waals surface area contributed by atoms with Gasteiger partial charge < -0.3 is 0 Å². The molecule has 0 saturated heterocycles. The number of halogens is 1. The van der Waals surface area contributed by atoms with Crippen LogP contribution in [0.5, 0.6) is 0 Å². The first-order chi connectivity index (χ1) is 4.54. The molecule has 54 valence electrons. The molecule has 0 fully saturated rings. The molecular weight excluding hydrogens is 192 g/mol. The van der Waals surface area contributed by atoms with Crippen molar-refractivity contribution in [2.75, 3.05) is 0 Å². The third-order valence-corrected chi connectivity index (χ3v) is 1.18. The van der Waals surface area contributed by atoms with Crippen LogP contribution in [-0.2, 0) is 4.79 Å². The van der Waals surface area contributed by atoms with Crippen LogP contribution in [0.15, 0.2) is 35.4 Å². The van der Waals surface area contributed by atoms with Gasteiger partial charge in [0.2, 0.25) is 0 Å². The van der Waals surface area contributed by atoms with E-state index in [2.05, 4.69) is 29.1 Å². The summed E-state index contributed by atoms with van der Waals surface area (Å²) in [5.74, 6) is -0.0231. The summed E-state index contributed by atoms with van der Waals surface area (Å²) in [5, 5.41) is 0. The van der Waals surface area contributed by atoms with E-state index in [1.807, 2.05) is 0 Å². The third-order valence-electron chi connectivity index (χ3n) is 0.918. The van der Waals surface area contributed by atoms with Gasteiger partial charge in [-0.25, -0.2) is 0 Å². The normalized spacial score (nSPS) is 9.80. The van der Waals surface area contributed by atoms with Gasteiger partial charge in [-0.3, -0.25) is 4.79 Å². The lowest BCUT2D eigenvalue weighted by atomic mass is 10.2. The van der Waals surface area contributed by atoms with E-state index in [1.54, 1.807) is 12.2 Å². The standard InChI is InChI=1S/C8H9BrO/c1-6(8(3)10)4-5-7(2)9/h4-5H,1-2H2,3H3. The molecular formula is C8H9BrO. The van der Waals surface area contributed by atoms with Gasteiger partial charge >= 0.3 is 0 Å². The number of hydrogen-bond acceptors (Lipinski definition) is 1. The number of carbonyl (C=O) groups is 1. The number of carbonyl (C=O) groups excluding carboxylic acids is 1. The first kappa shape index (κ1) is 9.37. The summed E-state index contributed by atoms with van der Waals surface area (Å²) >= 11 is 3.12. The maximum Gasteiger partial charge on any atom is 0.159 e. The zero-order valence-electron chi connectivity index (χ0n) is 5.86. The highest BCUT2D eigenvalue weighted by Crippen LogP contribution is 2.04. The Morgan fingerprint density at radius 1 is 1.40 bits per heavy atom. The maximum atomic E-state index is 10.6. The molecule has 0 atom stereocenters. The summed E-state index contributed by atoms with van der Waals surface area (Å²) in [5.41, 5.74) is 0.487. The Bertz CT molecular complexity index is 201. The summed E-state index contributed by atoms with van der Waals surface area (Å²) < 4.78 is 0.731. The fraction of sp³-hybridized carbons (Fsp3) is 0.125. The highest BCUT2D eigenvalue weighted by molar-refractivity contribution is 9.11. The van der Waals surface area contributed by atoms with Gasteiger partial charge in [-0.15, -0.1) is 0 Å². The second-order valence-corrected chi connectivity index (χ2v) is 2.88. The highest BCUT2D eigenvalue weighted by Gasteiger charge is 1.92. The van der Waals surface area contributed by atoms with Gasteiger partial charge in [0, 0.05) is 10.1 Å². The lowest BCUT2D eigenvalue weighted by Gasteiger charge is -1.88. The minimum absolute atomic E-state index is 0.0231. The summed E-state index contributed by atoms with van der Waals surface area (Å²) in [6, 6.07) is 0. The molecule has 0 N–H and O–H groups in total. The molecule has 0 aliphatic rings. The van der Waals surface area contributed by atoms with Crippen molar-refractivity contribution in [3.63, 3.8) is 0 Å². The number of ketones is 1. The van der Waals surface area contributed by atoms with Gasteiger partial charge in [0.15, 0.2) is 5.78 Å². The fourth-order valence-electron chi connectivity index (χ4n) is 0.308. The lowest BCUT2D eigenvalue weighted by molar-refractivity contribution is -0.113. The van der Waals surface area contributed by atoms with Crippen molar-refractivity contribution < 1.29 is 4.79 Å². The molecule has 0 rings (SSSR count). The summed E-state index contributed by atoms with van der Waals surface area (Å²) in [6.45, 7) is 8.57. The summed E-state index contributed by atoms with van der Waals surface area (Å²) in [6.07, 6.45) is 3.31. The summed E-state index contributed by atoms with van der Waals surface area (Å²) in [7, 11) is 0. The third kappa shape index (κ3) is 4.27. The van der Waals surface area contributed by atoms with E-state index < -0.39 is 0 Å². The Labute approximate surface area is 69.3 Å². The molecule has 0 radical (unpaired) electrons. The van der Waals surface area contributed by atoms with E-state index in [0.717, 1.165) is 4.48 Å². The van der Waals surface area contributed by atoms with Crippen LogP contribution in [0.2, 0.25) is 0 Å². The van der Waals surface area contributed by atoms with Crippen molar-refractivity contribution in [3.8, 4) is 0 Å². The maximum absolute atomic E-state index is 10.6. The van der Waals surface area contributed by atoms with Crippen molar-refractivity contribution in [3.05, 3.63) is 35.4 Å². The largest absolute Gasteiger partial charge is 0.295 e. The molecule has 0 amide bonds. The minimum atomic E-state index is -0.0231. The van der Waals surface area contributed by atoms with Crippen LogP contribution >= 0.6 is 15.9 Å². The van der Waals surface area contributed by atoms with E-state index in [9.17, 15) is 4.79 Å². The molecule has 2 heteroatoms. The van der Waals surface area contributed by atoms with Crippen LogP contribution in [0.25, 0.3) is 0 Å². The van der Waals surface area contributed by atoms with Crippen LogP contribution in [0.3, 0.4) is 0 Å². The summed E-state index contributed by atoms with van der Waals surface area (Å²) in [4.78, 5) is 10.6. The molecule has 0 bridgehead atoms. The van der Waals surface area contributed by atoms with Crippen LogP contribution in [0.4, 0.5) is 0 Å². The second-order valence-electron chi connectivity index (χ2n) is 1.86. The first-order valence-corrected chi connectivity index (χ1v) is 3.55. The highest BCUT2D eigenvalue weighted by atomic mass is 79.9. The quantitative estimate of drug-likeness (QED) is 0.506. The van der Waals surface area contributed by atoms with Crippen molar-refractivity contribution in [2.45, 2.75) is 6.92 Å². The van der Waals surface area contributed by atoms with Crippen molar-refractivity contribution in [2.24, 2.45) is 0 Å². The smallest absolute Gasteiger partial charge is 0.159 e. The van der Waals surface area contributed by atoms with Crippen LogP contribution in [-0.4, -0.2) is 5.78 Å². The molecule has 0 saturated carbocycles. The Kier molecular flexibility index (Phi) is 3.96. The van der Waals surface area contributed by atoms with Gasteiger partial charge in [-0.05, 0) is 13.0 Å². The number of allylic oxidation sites excluding steroid dienone is 4. The zero-order valence-corrected chi connectivity index (χ0v) is 7.44. The Morgan fingerprint density at radius 3 is 2.20 bits per heavy atom. The SMILES string of the molecule is C=C(Br)C=CC(=C)C(C)=O. The van der Waals surface area contributed by atoms with Gasteiger partial charge in [0.05, 0.1) is 0 Å². The van der Waals surface area contributed by atoms with Crippen molar-refractivity contribution in [1.29, 1.82) is 0 Å². The molecule has 0 aromatic rings. The average molecular weight is 201 g/mol. The molecule has 10 heavy (non-hydrogen) atoms. The molecule has 0 aromatic heterocycles. The monoisotopic (exact) mass is 200 g/mol. The van der Waals surface area contributed by atoms with Crippen LogP contribution in [0, 0.1) is 0 Å². The van der Waals surface area contributed by atoms with E-state index in [4.69, 9.17) is 0 Å². The van der Waals surface area contributed by atoms with E-state index in [1.165, 1.54) is 6.92 Å². The van der Waals surface area contributed by atoms with E-state index in [0.29, 0.717) is 5.57 Å². The van der Waals surface area contributed by atoms with Crippen molar-refractivity contribution >= 4 is 21.7 Å². The molecule has 0 aliphatic heterocycles. The van der Waals surface area contributed by atoms with E-state index >= 15 is 0 Å². The molecule has 0 spiro atoms. The van der Waals surface area contributed by atoms with Gasteiger partial charge in [0.25, 0.3) is 0 Å². The molecule has 0 aliphatic carbocycles. The minimum Gasteiger partial charge on any atom is -0.295 e. The zero-order chi connectivity index (χ0) is 8.15. The lowest BCUT2D eigenvalue weighted by Crippen LogP contribution is -1.89. The molecule has 1 nitrogen and oxygen atoms in total. The Balaban J connectivity index is 4.03. The van der Waals surface area contributed by atoms with Gasteiger partial charge in [-0.2, -0.15) is 0 Å². The first-order valence-electron chi connectivity index (χ1n) is 2.76. The van der Waals surface area contributed by atoms with Crippen LogP contribution in [0.1, 0.15) is 6.92 Å². The average Bonchev–Trinajstić information content (AvgIpc) is 1.82. The number of rotatable bonds is 3. The topological polar surface area (TPSA) is 17.1 Å². The predicted molar refractivity (Wildman–Crippen MR) is 47.0 cm³/mol. The van der Waals surface area contributed by atoms with Gasteiger partial charge in [0.1, 0.15) is 0 Å². The Morgan fingerprint density at radius 2 is 1.90 bits per heavy atom.